The van der Waals surface area contributed by atoms with Crippen LogP contribution in [0.5, 0.6) is 0 Å². The first kappa shape index (κ1) is 16.5. The maximum Gasteiger partial charge on any atom is 0.234 e. The van der Waals surface area contributed by atoms with Gasteiger partial charge in [0.15, 0.2) is 5.16 Å². The molecule has 0 fully saturated rings. The Labute approximate surface area is 145 Å². The van der Waals surface area contributed by atoms with E-state index in [4.69, 9.17) is 4.74 Å². The Balaban J connectivity index is 1.71. The third kappa shape index (κ3) is 3.96. The number of anilines is 1. The Morgan fingerprint density at radius 2 is 1.92 bits per heavy atom. The van der Waals surface area contributed by atoms with Gasteiger partial charge in [0.05, 0.1) is 23.4 Å². The number of amides is 1. The summed E-state index contributed by atoms with van der Waals surface area (Å²) in [7, 11) is 1.68. The minimum Gasteiger partial charge on any atom is -0.383 e. The van der Waals surface area contributed by atoms with Crippen molar-refractivity contribution >= 4 is 34.4 Å². The highest BCUT2D eigenvalue weighted by molar-refractivity contribution is 7.99. The average Bonchev–Trinajstić information content (AvgIpc) is 2.96. The van der Waals surface area contributed by atoms with Gasteiger partial charge in [0.1, 0.15) is 0 Å². The molecule has 0 aliphatic rings. The van der Waals surface area contributed by atoms with E-state index in [-0.39, 0.29) is 5.91 Å². The summed E-state index contributed by atoms with van der Waals surface area (Å²) < 4.78 is 7.28. The van der Waals surface area contributed by atoms with Crippen LogP contribution in [-0.2, 0) is 16.1 Å². The number of hydrogen-bond donors (Lipinski definition) is 1. The SMILES string of the molecule is COCCn1c(SCC(=O)Nc2ccccc2)nc2ccccc21. The molecular weight excluding hydrogens is 322 g/mol. The average molecular weight is 341 g/mol. The van der Waals surface area contributed by atoms with Crippen LogP contribution in [0.1, 0.15) is 0 Å². The van der Waals surface area contributed by atoms with E-state index in [1.54, 1.807) is 7.11 Å². The second kappa shape index (κ2) is 7.99. The lowest BCUT2D eigenvalue weighted by molar-refractivity contribution is -0.113. The lowest BCUT2D eigenvalue weighted by Crippen LogP contribution is -2.14. The second-order valence-electron chi connectivity index (χ2n) is 5.23. The van der Waals surface area contributed by atoms with Gasteiger partial charge in [0.2, 0.25) is 5.91 Å². The summed E-state index contributed by atoms with van der Waals surface area (Å²) in [4.78, 5) is 16.8. The van der Waals surface area contributed by atoms with Crippen LogP contribution < -0.4 is 5.32 Å². The number of hydrogen-bond acceptors (Lipinski definition) is 4. The quantitative estimate of drug-likeness (QED) is 0.669. The number of imidazole rings is 1. The van der Waals surface area contributed by atoms with Crippen molar-refractivity contribution < 1.29 is 9.53 Å². The van der Waals surface area contributed by atoms with E-state index in [0.29, 0.717) is 18.9 Å². The maximum atomic E-state index is 12.1. The van der Waals surface area contributed by atoms with Gasteiger partial charge in [-0.15, -0.1) is 0 Å². The van der Waals surface area contributed by atoms with Crippen molar-refractivity contribution in [1.82, 2.24) is 9.55 Å². The van der Waals surface area contributed by atoms with Crippen molar-refractivity contribution in [3.05, 3.63) is 54.6 Å². The largest absolute Gasteiger partial charge is 0.383 e. The summed E-state index contributed by atoms with van der Waals surface area (Å²) in [5.74, 6) is 0.266. The molecule has 3 rings (SSSR count). The molecule has 0 saturated carbocycles. The minimum atomic E-state index is -0.0449. The molecule has 0 aliphatic carbocycles. The molecule has 0 unspecified atom stereocenters. The van der Waals surface area contributed by atoms with Crippen LogP contribution in [0.3, 0.4) is 0 Å². The first-order chi connectivity index (χ1) is 11.8. The summed E-state index contributed by atoms with van der Waals surface area (Å²) in [6, 6.07) is 17.4. The van der Waals surface area contributed by atoms with E-state index < -0.39 is 0 Å². The highest BCUT2D eigenvalue weighted by Gasteiger charge is 2.12. The monoisotopic (exact) mass is 341 g/mol. The van der Waals surface area contributed by atoms with E-state index >= 15 is 0 Å². The molecular formula is C18H19N3O2S. The normalized spacial score (nSPS) is 10.9. The molecule has 6 heteroatoms. The van der Waals surface area contributed by atoms with Crippen molar-refractivity contribution in [3.8, 4) is 0 Å². The minimum absolute atomic E-state index is 0.0449. The molecule has 0 aliphatic heterocycles. The predicted octanol–water partition coefficient (Wildman–Crippen LogP) is 3.41. The number of fused-ring (bicyclic) bond motifs is 1. The number of rotatable bonds is 7. The predicted molar refractivity (Wildman–Crippen MR) is 97.4 cm³/mol. The Bertz CT molecular complexity index is 818. The van der Waals surface area contributed by atoms with Gasteiger partial charge >= 0.3 is 0 Å². The van der Waals surface area contributed by atoms with Crippen LogP contribution in [0, 0.1) is 0 Å². The molecule has 2 aromatic carbocycles. The zero-order chi connectivity index (χ0) is 16.8. The molecule has 1 amide bonds. The fourth-order valence-corrected chi connectivity index (χ4v) is 3.25. The Kier molecular flexibility index (Phi) is 5.51. The van der Waals surface area contributed by atoms with Gasteiger partial charge in [0, 0.05) is 19.3 Å². The maximum absolute atomic E-state index is 12.1. The molecule has 0 saturated heterocycles. The zero-order valence-corrected chi connectivity index (χ0v) is 14.3. The van der Waals surface area contributed by atoms with E-state index in [0.717, 1.165) is 21.9 Å². The standard InChI is InChI=1S/C18H19N3O2S/c1-23-12-11-21-16-10-6-5-9-15(16)20-18(21)24-13-17(22)19-14-7-3-2-4-8-14/h2-10H,11-13H2,1H3,(H,19,22). The molecule has 5 nitrogen and oxygen atoms in total. The van der Waals surface area contributed by atoms with Gasteiger partial charge in [-0.25, -0.2) is 4.98 Å². The number of aromatic nitrogens is 2. The number of ether oxygens (including phenoxy) is 1. The van der Waals surface area contributed by atoms with Crippen molar-refractivity contribution in [3.63, 3.8) is 0 Å². The number of nitrogens with zero attached hydrogens (tertiary/aromatic N) is 2. The van der Waals surface area contributed by atoms with Gasteiger partial charge in [-0.3, -0.25) is 4.79 Å². The molecule has 124 valence electrons. The summed E-state index contributed by atoms with van der Waals surface area (Å²) >= 11 is 1.43. The molecule has 1 aromatic heterocycles. The number of nitrogens with one attached hydrogen (secondary N) is 1. The van der Waals surface area contributed by atoms with Crippen molar-refractivity contribution in [1.29, 1.82) is 0 Å². The molecule has 0 radical (unpaired) electrons. The molecule has 24 heavy (non-hydrogen) atoms. The fraction of sp³-hybridized carbons (Fsp3) is 0.222. The lowest BCUT2D eigenvalue weighted by atomic mass is 10.3. The molecule has 3 aromatic rings. The Hall–Kier alpha value is -2.31. The first-order valence-electron chi connectivity index (χ1n) is 7.70. The second-order valence-corrected chi connectivity index (χ2v) is 6.17. The molecule has 1 N–H and O–H groups in total. The lowest BCUT2D eigenvalue weighted by Gasteiger charge is -2.08. The van der Waals surface area contributed by atoms with Crippen molar-refractivity contribution in [2.24, 2.45) is 0 Å². The van der Waals surface area contributed by atoms with Crippen LogP contribution >= 0.6 is 11.8 Å². The van der Waals surface area contributed by atoms with Gasteiger partial charge in [-0.1, -0.05) is 42.1 Å². The molecule has 0 bridgehead atoms. The highest BCUT2D eigenvalue weighted by Crippen LogP contribution is 2.24. The van der Waals surface area contributed by atoms with Gasteiger partial charge in [-0.05, 0) is 24.3 Å². The number of methoxy groups -OCH3 is 1. The third-order valence-corrected chi connectivity index (χ3v) is 4.50. The van der Waals surface area contributed by atoms with Gasteiger partial charge in [-0.2, -0.15) is 0 Å². The third-order valence-electron chi connectivity index (χ3n) is 3.53. The smallest absolute Gasteiger partial charge is 0.234 e. The van der Waals surface area contributed by atoms with Crippen LogP contribution in [0.2, 0.25) is 0 Å². The van der Waals surface area contributed by atoms with E-state index in [1.807, 2.05) is 54.6 Å². The Morgan fingerprint density at radius 3 is 2.71 bits per heavy atom. The number of para-hydroxylation sites is 3. The molecule has 1 heterocycles. The highest BCUT2D eigenvalue weighted by atomic mass is 32.2. The summed E-state index contributed by atoms with van der Waals surface area (Å²) in [6.07, 6.45) is 0. The zero-order valence-electron chi connectivity index (χ0n) is 13.4. The van der Waals surface area contributed by atoms with Crippen LogP contribution in [-0.4, -0.2) is 34.9 Å². The van der Waals surface area contributed by atoms with Gasteiger partial charge in [0.25, 0.3) is 0 Å². The summed E-state index contributed by atoms with van der Waals surface area (Å²) in [6.45, 7) is 1.31. The first-order valence-corrected chi connectivity index (χ1v) is 8.68. The number of carbonyl (C=O) groups is 1. The number of carbonyl (C=O) groups excluding carboxylic acids is 1. The van der Waals surface area contributed by atoms with Crippen molar-refractivity contribution in [2.75, 3.05) is 24.8 Å². The van der Waals surface area contributed by atoms with Crippen LogP contribution in [0.4, 0.5) is 5.69 Å². The van der Waals surface area contributed by atoms with Crippen LogP contribution in [0.25, 0.3) is 11.0 Å². The van der Waals surface area contributed by atoms with Crippen molar-refractivity contribution in [2.45, 2.75) is 11.7 Å². The molecule has 0 atom stereocenters. The van der Waals surface area contributed by atoms with Gasteiger partial charge < -0.3 is 14.6 Å². The molecule has 0 spiro atoms. The Morgan fingerprint density at radius 1 is 1.17 bits per heavy atom. The summed E-state index contributed by atoms with van der Waals surface area (Å²) in [5.41, 5.74) is 2.79. The van der Waals surface area contributed by atoms with E-state index in [9.17, 15) is 4.79 Å². The van der Waals surface area contributed by atoms with E-state index in [1.165, 1.54) is 11.8 Å². The summed E-state index contributed by atoms with van der Waals surface area (Å²) in [5, 5.41) is 3.72. The fourth-order valence-electron chi connectivity index (χ4n) is 2.41. The van der Waals surface area contributed by atoms with Crippen LogP contribution in [0.15, 0.2) is 59.8 Å². The van der Waals surface area contributed by atoms with E-state index in [2.05, 4.69) is 14.9 Å². The number of benzene rings is 2. The number of thioether (sulfide) groups is 1. The topological polar surface area (TPSA) is 56.1 Å².